The minimum Gasteiger partial charge on any atom is -0.352 e. The predicted molar refractivity (Wildman–Crippen MR) is 116 cm³/mol. The van der Waals surface area contributed by atoms with Crippen LogP contribution in [0.5, 0.6) is 0 Å². The van der Waals surface area contributed by atoms with E-state index in [1.165, 1.54) is 0 Å². The molecule has 2 aliphatic rings. The lowest BCUT2D eigenvalue weighted by molar-refractivity contribution is -0.133. The van der Waals surface area contributed by atoms with Gasteiger partial charge in [-0.1, -0.05) is 50.1 Å². The second kappa shape index (κ2) is 11.3. The lowest BCUT2D eigenvalue weighted by Gasteiger charge is -2.41. The highest BCUT2D eigenvalue weighted by molar-refractivity contribution is 5.78. The van der Waals surface area contributed by atoms with Gasteiger partial charge in [-0.3, -0.25) is 9.59 Å². The van der Waals surface area contributed by atoms with Gasteiger partial charge in [-0.05, 0) is 50.8 Å². The van der Waals surface area contributed by atoms with Crippen molar-refractivity contribution in [3.8, 4) is 0 Å². The Hall–Kier alpha value is -1.88. The number of nitrogens with one attached hydrogen (secondary N) is 1. The maximum absolute atomic E-state index is 12.5. The molecular weight excluding hydrogens is 362 g/mol. The summed E-state index contributed by atoms with van der Waals surface area (Å²) in [6.45, 7) is 6.58. The van der Waals surface area contributed by atoms with Crippen LogP contribution in [-0.4, -0.2) is 53.8 Å². The van der Waals surface area contributed by atoms with Crippen LogP contribution in [0.1, 0.15) is 63.9 Å². The fraction of sp³-hybridized carbons (Fsp3) is 0.667. The first kappa shape index (κ1) is 21.8. The summed E-state index contributed by atoms with van der Waals surface area (Å²) in [4.78, 5) is 29.4. The van der Waals surface area contributed by atoms with Crippen LogP contribution in [-0.2, 0) is 16.1 Å². The number of carbonyl (C=O) groups excluding carboxylic acids is 2. The highest BCUT2D eigenvalue weighted by Crippen LogP contribution is 2.24. The van der Waals surface area contributed by atoms with Crippen molar-refractivity contribution in [2.45, 2.75) is 70.9 Å². The van der Waals surface area contributed by atoms with Crippen molar-refractivity contribution in [1.82, 2.24) is 15.1 Å². The van der Waals surface area contributed by atoms with Crippen molar-refractivity contribution >= 4 is 11.8 Å². The van der Waals surface area contributed by atoms with Gasteiger partial charge in [0.15, 0.2) is 0 Å². The van der Waals surface area contributed by atoms with Gasteiger partial charge in [0.1, 0.15) is 0 Å². The van der Waals surface area contributed by atoms with E-state index < -0.39 is 0 Å². The molecule has 29 heavy (non-hydrogen) atoms. The second-order valence-electron chi connectivity index (χ2n) is 8.58. The van der Waals surface area contributed by atoms with Crippen molar-refractivity contribution in [3.05, 3.63) is 35.9 Å². The Labute approximate surface area is 175 Å². The molecule has 1 aromatic rings. The molecule has 5 nitrogen and oxygen atoms in total. The Morgan fingerprint density at radius 2 is 1.66 bits per heavy atom. The topological polar surface area (TPSA) is 52.7 Å². The number of likely N-dealkylation sites (tertiary alicyclic amines) is 2. The number of nitrogens with zero attached hydrogens (tertiary/aromatic N) is 2. The molecule has 2 heterocycles. The molecule has 3 rings (SSSR count). The number of piperidine rings is 2. The summed E-state index contributed by atoms with van der Waals surface area (Å²) >= 11 is 0. The van der Waals surface area contributed by atoms with E-state index in [-0.39, 0.29) is 11.8 Å². The maximum Gasteiger partial charge on any atom is 0.223 e. The summed E-state index contributed by atoms with van der Waals surface area (Å²) in [5.74, 6) is 0.668. The molecule has 2 fully saturated rings. The van der Waals surface area contributed by atoms with Gasteiger partial charge in [0.05, 0.1) is 0 Å². The minimum atomic E-state index is 0.134. The monoisotopic (exact) mass is 399 g/mol. The van der Waals surface area contributed by atoms with Crippen molar-refractivity contribution in [2.24, 2.45) is 5.92 Å². The second-order valence-corrected chi connectivity index (χ2v) is 8.58. The minimum absolute atomic E-state index is 0.134. The van der Waals surface area contributed by atoms with Crippen LogP contribution in [0.25, 0.3) is 0 Å². The molecule has 0 bridgehead atoms. The largest absolute Gasteiger partial charge is 0.352 e. The maximum atomic E-state index is 12.5. The van der Waals surface area contributed by atoms with Crippen LogP contribution in [0.15, 0.2) is 30.3 Å². The van der Waals surface area contributed by atoms with Crippen LogP contribution >= 0.6 is 0 Å². The van der Waals surface area contributed by atoms with E-state index in [9.17, 15) is 9.59 Å². The Balaban J connectivity index is 1.34. The summed E-state index contributed by atoms with van der Waals surface area (Å²) < 4.78 is 0. The van der Waals surface area contributed by atoms with Gasteiger partial charge >= 0.3 is 0 Å². The van der Waals surface area contributed by atoms with Gasteiger partial charge in [-0.25, -0.2) is 0 Å². The van der Waals surface area contributed by atoms with Gasteiger partial charge in [0.25, 0.3) is 0 Å². The van der Waals surface area contributed by atoms with Crippen LogP contribution in [0.4, 0.5) is 0 Å². The average molecular weight is 400 g/mol. The SMILES string of the molecule is CCCCCC(=O)N1CCC(N2CCC(C(=O)NCc3ccccc3)CC2)CC1. The van der Waals surface area contributed by atoms with E-state index in [1.807, 2.05) is 30.3 Å². The van der Waals surface area contributed by atoms with Crippen LogP contribution < -0.4 is 5.32 Å². The van der Waals surface area contributed by atoms with Crippen LogP contribution in [0, 0.1) is 5.92 Å². The Bertz CT molecular complexity index is 633. The Morgan fingerprint density at radius 1 is 0.966 bits per heavy atom. The predicted octanol–water partition coefficient (Wildman–Crippen LogP) is 3.59. The zero-order chi connectivity index (χ0) is 20.5. The van der Waals surface area contributed by atoms with Gasteiger partial charge in [0.2, 0.25) is 11.8 Å². The Morgan fingerprint density at radius 3 is 2.31 bits per heavy atom. The van der Waals surface area contributed by atoms with E-state index in [0.717, 1.165) is 76.7 Å². The molecule has 0 spiro atoms. The smallest absolute Gasteiger partial charge is 0.223 e. The van der Waals surface area contributed by atoms with Crippen molar-refractivity contribution in [2.75, 3.05) is 26.2 Å². The van der Waals surface area contributed by atoms with E-state index in [2.05, 4.69) is 22.0 Å². The normalized spacial score (nSPS) is 19.3. The molecule has 160 valence electrons. The molecule has 0 aliphatic carbocycles. The highest BCUT2D eigenvalue weighted by atomic mass is 16.2. The van der Waals surface area contributed by atoms with Crippen LogP contribution in [0.2, 0.25) is 0 Å². The highest BCUT2D eigenvalue weighted by Gasteiger charge is 2.31. The van der Waals surface area contributed by atoms with E-state index >= 15 is 0 Å². The van der Waals surface area contributed by atoms with Crippen LogP contribution in [0.3, 0.4) is 0 Å². The third-order valence-corrected chi connectivity index (χ3v) is 6.54. The Kier molecular flexibility index (Phi) is 8.53. The first-order valence-corrected chi connectivity index (χ1v) is 11.5. The number of benzene rings is 1. The molecule has 0 radical (unpaired) electrons. The quantitative estimate of drug-likeness (QED) is 0.680. The number of hydrogen-bond acceptors (Lipinski definition) is 3. The molecule has 0 saturated carbocycles. The number of carbonyl (C=O) groups is 2. The van der Waals surface area contributed by atoms with Gasteiger partial charge < -0.3 is 15.1 Å². The summed E-state index contributed by atoms with van der Waals surface area (Å²) in [5, 5.41) is 3.10. The summed E-state index contributed by atoms with van der Waals surface area (Å²) in [7, 11) is 0. The van der Waals surface area contributed by atoms with Crippen molar-refractivity contribution < 1.29 is 9.59 Å². The van der Waals surface area contributed by atoms with Gasteiger partial charge in [-0.15, -0.1) is 0 Å². The summed E-state index contributed by atoms with van der Waals surface area (Å²) in [6.07, 6.45) is 8.07. The molecule has 1 N–H and O–H groups in total. The molecule has 5 heteroatoms. The molecular formula is C24H37N3O2. The number of rotatable bonds is 8. The average Bonchev–Trinajstić information content (AvgIpc) is 2.78. The number of amides is 2. The zero-order valence-corrected chi connectivity index (χ0v) is 17.9. The zero-order valence-electron chi connectivity index (χ0n) is 17.9. The van der Waals surface area contributed by atoms with E-state index in [4.69, 9.17) is 0 Å². The fourth-order valence-corrected chi connectivity index (χ4v) is 4.62. The van der Waals surface area contributed by atoms with E-state index in [0.29, 0.717) is 24.9 Å². The third kappa shape index (κ3) is 6.56. The third-order valence-electron chi connectivity index (χ3n) is 6.54. The molecule has 2 saturated heterocycles. The lowest BCUT2D eigenvalue weighted by Crippen LogP contribution is -2.50. The fourth-order valence-electron chi connectivity index (χ4n) is 4.62. The molecule has 0 unspecified atom stereocenters. The summed E-state index contributed by atoms with van der Waals surface area (Å²) in [5.41, 5.74) is 1.15. The van der Waals surface area contributed by atoms with E-state index in [1.54, 1.807) is 0 Å². The molecule has 0 atom stereocenters. The van der Waals surface area contributed by atoms with Gasteiger partial charge in [0, 0.05) is 38.0 Å². The molecule has 2 aliphatic heterocycles. The standard InChI is InChI=1S/C24H37N3O2/c1-2-3-5-10-23(28)27-17-13-22(14-18-27)26-15-11-21(12-16-26)24(29)25-19-20-8-6-4-7-9-20/h4,6-9,21-22H,2-3,5,10-19H2,1H3,(H,25,29). The number of unbranched alkanes of at least 4 members (excludes halogenated alkanes) is 2. The molecule has 0 aromatic heterocycles. The molecule has 2 amide bonds. The molecule has 1 aromatic carbocycles. The van der Waals surface area contributed by atoms with Gasteiger partial charge in [-0.2, -0.15) is 0 Å². The number of hydrogen-bond donors (Lipinski definition) is 1. The van der Waals surface area contributed by atoms with Crippen molar-refractivity contribution in [3.63, 3.8) is 0 Å². The first-order valence-electron chi connectivity index (χ1n) is 11.5. The first-order chi connectivity index (χ1) is 14.2. The lowest BCUT2D eigenvalue weighted by atomic mass is 9.92. The summed E-state index contributed by atoms with van der Waals surface area (Å²) in [6, 6.07) is 10.7. The van der Waals surface area contributed by atoms with Crippen molar-refractivity contribution in [1.29, 1.82) is 0 Å².